The van der Waals surface area contributed by atoms with E-state index in [0.717, 1.165) is 16.8 Å². The third-order valence-electron chi connectivity index (χ3n) is 3.11. The van der Waals surface area contributed by atoms with E-state index in [2.05, 4.69) is 10.1 Å². The highest BCUT2D eigenvalue weighted by Gasteiger charge is 2.14. The highest BCUT2D eigenvalue weighted by Crippen LogP contribution is 2.21. The zero-order valence-electron chi connectivity index (χ0n) is 10.9. The van der Waals surface area contributed by atoms with Crippen molar-refractivity contribution in [1.82, 2.24) is 9.78 Å². The Morgan fingerprint density at radius 2 is 2.00 bits per heavy atom. The molecule has 0 amide bonds. The summed E-state index contributed by atoms with van der Waals surface area (Å²) in [4.78, 5) is 15.2. The van der Waals surface area contributed by atoms with Gasteiger partial charge in [-0.1, -0.05) is 12.1 Å². The van der Waals surface area contributed by atoms with Crippen molar-refractivity contribution in [3.63, 3.8) is 0 Å². The molecule has 0 bridgehead atoms. The molecule has 3 rings (SSSR count). The maximum atomic E-state index is 10.9. The fraction of sp³-hybridized carbons (Fsp3) is 0.214. The number of ether oxygens (including phenoxy) is 1. The predicted molar refractivity (Wildman–Crippen MR) is 73.0 cm³/mol. The van der Waals surface area contributed by atoms with Gasteiger partial charge >= 0.3 is 5.97 Å². The molecule has 1 aliphatic rings. The van der Waals surface area contributed by atoms with Crippen LogP contribution in [0.15, 0.2) is 35.3 Å². The van der Waals surface area contributed by atoms with Gasteiger partial charge in [-0.2, -0.15) is 5.10 Å². The maximum Gasteiger partial charge on any atom is 0.356 e. The molecule has 1 aliphatic heterocycles. The van der Waals surface area contributed by atoms with Gasteiger partial charge in [0.25, 0.3) is 0 Å². The highest BCUT2D eigenvalue weighted by atomic mass is 16.5. The van der Waals surface area contributed by atoms with Crippen molar-refractivity contribution < 1.29 is 14.6 Å². The Balaban J connectivity index is 1.93. The molecule has 2 aromatic rings. The fourth-order valence-electron chi connectivity index (χ4n) is 2.14. The molecule has 0 fully saturated rings. The minimum Gasteiger partial charge on any atom is -0.476 e. The number of carboxylic acids is 1. The van der Waals surface area contributed by atoms with E-state index in [1.54, 1.807) is 17.8 Å². The van der Waals surface area contributed by atoms with Gasteiger partial charge in [0.15, 0.2) is 5.69 Å². The molecule has 0 radical (unpaired) electrons. The SMILES string of the molecule is Cn1nc(C(=O)O)cc1-c1ccc(C2=NCCO2)cc1. The summed E-state index contributed by atoms with van der Waals surface area (Å²) in [5.74, 6) is -0.370. The number of aromatic nitrogens is 2. The molecule has 0 unspecified atom stereocenters. The first-order valence-electron chi connectivity index (χ1n) is 6.20. The normalized spacial score (nSPS) is 13.9. The van der Waals surface area contributed by atoms with Crippen molar-refractivity contribution >= 4 is 11.9 Å². The monoisotopic (exact) mass is 271 g/mol. The van der Waals surface area contributed by atoms with Crippen LogP contribution in [0.1, 0.15) is 16.1 Å². The molecular weight excluding hydrogens is 258 g/mol. The zero-order chi connectivity index (χ0) is 14.1. The van der Waals surface area contributed by atoms with Gasteiger partial charge in [0.2, 0.25) is 5.90 Å². The van der Waals surface area contributed by atoms with Gasteiger partial charge < -0.3 is 9.84 Å². The molecule has 1 aromatic carbocycles. The summed E-state index contributed by atoms with van der Waals surface area (Å²) >= 11 is 0. The van der Waals surface area contributed by atoms with Crippen molar-refractivity contribution in [3.8, 4) is 11.3 Å². The first kappa shape index (κ1) is 12.4. The van der Waals surface area contributed by atoms with E-state index in [4.69, 9.17) is 9.84 Å². The zero-order valence-corrected chi connectivity index (χ0v) is 10.9. The molecule has 0 saturated heterocycles. The second kappa shape index (κ2) is 4.80. The van der Waals surface area contributed by atoms with Crippen molar-refractivity contribution in [3.05, 3.63) is 41.6 Å². The maximum absolute atomic E-state index is 10.9. The lowest BCUT2D eigenvalue weighted by atomic mass is 10.1. The Morgan fingerprint density at radius 3 is 2.55 bits per heavy atom. The van der Waals surface area contributed by atoms with Crippen LogP contribution in [0.4, 0.5) is 0 Å². The second-order valence-electron chi connectivity index (χ2n) is 4.46. The van der Waals surface area contributed by atoms with Gasteiger partial charge in [-0.15, -0.1) is 0 Å². The molecular formula is C14H13N3O3. The van der Waals surface area contributed by atoms with Crippen LogP contribution in [0.25, 0.3) is 11.3 Å². The summed E-state index contributed by atoms with van der Waals surface area (Å²) in [6.07, 6.45) is 0. The van der Waals surface area contributed by atoms with Crippen LogP contribution in [0.3, 0.4) is 0 Å². The lowest BCUT2D eigenvalue weighted by Gasteiger charge is -2.04. The van der Waals surface area contributed by atoms with Crippen molar-refractivity contribution in [2.45, 2.75) is 0 Å². The number of aromatic carboxylic acids is 1. The van der Waals surface area contributed by atoms with E-state index in [1.165, 1.54) is 0 Å². The average Bonchev–Trinajstić information content (AvgIpc) is 3.08. The number of nitrogens with zero attached hydrogens (tertiary/aromatic N) is 3. The summed E-state index contributed by atoms with van der Waals surface area (Å²) in [5.41, 5.74) is 2.61. The minimum absolute atomic E-state index is 0.0371. The Kier molecular flexibility index (Phi) is 2.98. The summed E-state index contributed by atoms with van der Waals surface area (Å²) < 4.78 is 6.96. The number of carbonyl (C=O) groups is 1. The van der Waals surface area contributed by atoms with Crippen LogP contribution in [0, 0.1) is 0 Å². The average molecular weight is 271 g/mol. The first-order chi connectivity index (χ1) is 9.65. The van der Waals surface area contributed by atoms with Crippen molar-refractivity contribution in [2.24, 2.45) is 12.0 Å². The van der Waals surface area contributed by atoms with Crippen LogP contribution in [-0.2, 0) is 11.8 Å². The molecule has 0 saturated carbocycles. The molecule has 0 atom stereocenters. The number of aliphatic imine (C=N–C) groups is 1. The highest BCUT2D eigenvalue weighted by molar-refractivity contribution is 5.95. The molecule has 0 aliphatic carbocycles. The van der Waals surface area contributed by atoms with Crippen LogP contribution in [0.2, 0.25) is 0 Å². The van der Waals surface area contributed by atoms with E-state index in [1.807, 2.05) is 24.3 Å². The van der Waals surface area contributed by atoms with Crippen molar-refractivity contribution in [2.75, 3.05) is 13.2 Å². The Hall–Kier alpha value is -2.63. The second-order valence-corrected chi connectivity index (χ2v) is 4.46. The lowest BCUT2D eigenvalue weighted by Crippen LogP contribution is -2.01. The molecule has 20 heavy (non-hydrogen) atoms. The molecule has 1 N–H and O–H groups in total. The molecule has 102 valence electrons. The predicted octanol–water partition coefficient (Wildman–Crippen LogP) is 1.56. The summed E-state index contributed by atoms with van der Waals surface area (Å²) in [6.45, 7) is 1.32. The van der Waals surface area contributed by atoms with Gasteiger partial charge in [0.05, 0.1) is 12.2 Å². The van der Waals surface area contributed by atoms with E-state index < -0.39 is 5.97 Å². The van der Waals surface area contributed by atoms with Gasteiger partial charge in [0.1, 0.15) is 6.61 Å². The van der Waals surface area contributed by atoms with Crippen LogP contribution in [0.5, 0.6) is 0 Å². The Morgan fingerprint density at radius 1 is 1.30 bits per heavy atom. The molecule has 0 spiro atoms. The van der Waals surface area contributed by atoms with E-state index in [0.29, 0.717) is 19.0 Å². The first-order valence-corrected chi connectivity index (χ1v) is 6.20. The summed E-state index contributed by atoms with van der Waals surface area (Å²) in [5, 5.41) is 12.9. The summed E-state index contributed by atoms with van der Waals surface area (Å²) in [7, 11) is 1.72. The van der Waals surface area contributed by atoms with Gasteiger partial charge in [-0.25, -0.2) is 9.79 Å². The molecule has 6 heteroatoms. The van der Waals surface area contributed by atoms with Gasteiger partial charge in [-0.3, -0.25) is 4.68 Å². The third kappa shape index (κ3) is 2.16. The van der Waals surface area contributed by atoms with E-state index >= 15 is 0 Å². The Labute approximate surface area is 115 Å². The number of rotatable bonds is 3. The quantitative estimate of drug-likeness (QED) is 0.919. The van der Waals surface area contributed by atoms with Gasteiger partial charge in [-0.05, 0) is 23.8 Å². The lowest BCUT2D eigenvalue weighted by molar-refractivity contribution is 0.0689. The number of hydrogen-bond donors (Lipinski definition) is 1. The van der Waals surface area contributed by atoms with E-state index in [9.17, 15) is 4.79 Å². The number of hydrogen-bond acceptors (Lipinski definition) is 4. The fourth-order valence-corrected chi connectivity index (χ4v) is 2.14. The molecule has 1 aromatic heterocycles. The van der Waals surface area contributed by atoms with Gasteiger partial charge in [0, 0.05) is 12.6 Å². The number of benzene rings is 1. The topological polar surface area (TPSA) is 76.7 Å². The standard InChI is InChI=1S/C14H13N3O3/c1-17-12(8-11(16-17)14(18)19)9-2-4-10(5-3-9)13-15-6-7-20-13/h2-5,8H,6-7H2,1H3,(H,18,19). The smallest absolute Gasteiger partial charge is 0.356 e. The van der Waals surface area contributed by atoms with E-state index in [-0.39, 0.29) is 5.69 Å². The van der Waals surface area contributed by atoms with Crippen LogP contribution >= 0.6 is 0 Å². The minimum atomic E-state index is -1.03. The Bertz CT molecular complexity index is 686. The third-order valence-corrected chi connectivity index (χ3v) is 3.11. The number of carboxylic acid groups (broad SMARTS) is 1. The largest absolute Gasteiger partial charge is 0.476 e. The van der Waals surface area contributed by atoms with Crippen molar-refractivity contribution in [1.29, 1.82) is 0 Å². The number of aryl methyl sites for hydroxylation is 1. The molecule has 2 heterocycles. The molecule has 6 nitrogen and oxygen atoms in total. The van der Waals surface area contributed by atoms with Crippen LogP contribution in [-0.4, -0.2) is 39.9 Å². The summed E-state index contributed by atoms with van der Waals surface area (Å²) in [6, 6.07) is 9.19. The van der Waals surface area contributed by atoms with Crippen LogP contribution < -0.4 is 0 Å².